The van der Waals surface area contributed by atoms with E-state index in [9.17, 15) is 14.4 Å². The first-order valence-electron chi connectivity index (χ1n) is 28.3. The van der Waals surface area contributed by atoms with Crippen molar-refractivity contribution in [2.24, 2.45) is 11.8 Å². The molecule has 0 bridgehead atoms. The average Bonchev–Trinajstić information content (AvgIpc) is 3.27. The summed E-state index contributed by atoms with van der Waals surface area (Å²) in [5, 5.41) is 0. The highest BCUT2D eigenvalue weighted by Gasteiger charge is 2.19. The zero-order chi connectivity index (χ0) is 46.1. The smallest absolute Gasteiger partial charge is 0.306 e. The first-order valence-corrected chi connectivity index (χ1v) is 28.3. The van der Waals surface area contributed by atoms with Gasteiger partial charge in [-0.2, -0.15) is 0 Å². The normalized spacial score (nSPS) is 12.5. The van der Waals surface area contributed by atoms with E-state index in [1.54, 1.807) is 0 Å². The number of hydrogen-bond acceptors (Lipinski definition) is 6. The van der Waals surface area contributed by atoms with Crippen LogP contribution in [0.5, 0.6) is 0 Å². The summed E-state index contributed by atoms with van der Waals surface area (Å²) in [7, 11) is 0. The number of carbonyl (C=O) groups is 3. The van der Waals surface area contributed by atoms with Gasteiger partial charge in [0.1, 0.15) is 13.2 Å². The Hall–Kier alpha value is -1.59. The molecule has 63 heavy (non-hydrogen) atoms. The molecule has 6 nitrogen and oxygen atoms in total. The second kappa shape index (κ2) is 49.8. The van der Waals surface area contributed by atoms with Gasteiger partial charge in [0, 0.05) is 19.3 Å². The molecule has 374 valence electrons. The van der Waals surface area contributed by atoms with Crippen LogP contribution in [0.15, 0.2) is 0 Å². The summed E-state index contributed by atoms with van der Waals surface area (Å²) in [4.78, 5) is 38.1. The van der Waals surface area contributed by atoms with Crippen LogP contribution in [-0.2, 0) is 28.6 Å². The second-order valence-electron chi connectivity index (χ2n) is 20.3. The summed E-state index contributed by atoms with van der Waals surface area (Å²) >= 11 is 0. The molecule has 0 aliphatic rings. The minimum Gasteiger partial charge on any atom is -0.462 e. The van der Waals surface area contributed by atoms with Crippen LogP contribution in [0.1, 0.15) is 317 Å². The minimum atomic E-state index is -0.763. The Morgan fingerprint density at radius 1 is 0.333 bits per heavy atom. The van der Waals surface area contributed by atoms with Crippen molar-refractivity contribution in [3.8, 4) is 0 Å². The molecule has 0 radical (unpaired) electrons. The summed E-state index contributed by atoms with van der Waals surface area (Å²) in [6, 6.07) is 0. The maximum absolute atomic E-state index is 12.8. The molecule has 0 spiro atoms. The topological polar surface area (TPSA) is 78.9 Å². The van der Waals surface area contributed by atoms with Crippen LogP contribution in [0.4, 0.5) is 0 Å². The average molecular weight is 892 g/mol. The van der Waals surface area contributed by atoms with E-state index < -0.39 is 6.10 Å². The summed E-state index contributed by atoms with van der Waals surface area (Å²) < 4.78 is 16.9. The highest BCUT2D eigenvalue weighted by Crippen LogP contribution is 2.18. The van der Waals surface area contributed by atoms with Gasteiger partial charge in [-0.1, -0.05) is 279 Å². The van der Waals surface area contributed by atoms with Crippen molar-refractivity contribution in [1.29, 1.82) is 0 Å². The lowest BCUT2D eigenvalue weighted by atomic mass is 9.99. The molecule has 0 aromatic rings. The Kier molecular flexibility index (Phi) is 48.6. The molecule has 0 saturated carbocycles. The highest BCUT2D eigenvalue weighted by molar-refractivity contribution is 5.71. The highest BCUT2D eigenvalue weighted by atomic mass is 16.6. The molecule has 0 amide bonds. The first-order chi connectivity index (χ1) is 30.8. The molecule has 0 rings (SSSR count). The SMILES string of the molecule is CCCCCCCCCCCCCCCCCCC(=O)OC[C@@H](COC(=O)CCCCCCCCCCCCCCC(C)C)OC(=O)CCCCCCCCCCCCC(C)CC. The van der Waals surface area contributed by atoms with E-state index in [2.05, 4.69) is 34.6 Å². The van der Waals surface area contributed by atoms with Crippen molar-refractivity contribution in [1.82, 2.24) is 0 Å². The molecule has 0 aromatic heterocycles. The maximum Gasteiger partial charge on any atom is 0.306 e. The van der Waals surface area contributed by atoms with E-state index in [1.807, 2.05) is 0 Å². The van der Waals surface area contributed by atoms with Crippen molar-refractivity contribution < 1.29 is 28.6 Å². The zero-order valence-electron chi connectivity index (χ0n) is 43.2. The molecule has 2 atom stereocenters. The Bertz CT molecular complexity index is 964. The Labute approximate surface area is 393 Å². The van der Waals surface area contributed by atoms with Gasteiger partial charge in [-0.05, 0) is 31.1 Å². The van der Waals surface area contributed by atoms with Crippen molar-refractivity contribution in [2.75, 3.05) is 13.2 Å². The Morgan fingerprint density at radius 3 is 0.905 bits per heavy atom. The van der Waals surface area contributed by atoms with Crippen LogP contribution in [0, 0.1) is 11.8 Å². The zero-order valence-corrected chi connectivity index (χ0v) is 43.2. The number of rotatable bonds is 51. The van der Waals surface area contributed by atoms with Crippen molar-refractivity contribution in [2.45, 2.75) is 323 Å². The van der Waals surface area contributed by atoms with Crippen LogP contribution in [0.25, 0.3) is 0 Å². The van der Waals surface area contributed by atoms with Crippen LogP contribution < -0.4 is 0 Å². The number of hydrogen-bond donors (Lipinski definition) is 0. The van der Waals surface area contributed by atoms with Gasteiger partial charge < -0.3 is 14.2 Å². The monoisotopic (exact) mass is 891 g/mol. The first kappa shape index (κ1) is 61.4. The minimum absolute atomic E-state index is 0.0630. The molecule has 0 heterocycles. The van der Waals surface area contributed by atoms with E-state index in [-0.39, 0.29) is 31.1 Å². The van der Waals surface area contributed by atoms with E-state index in [4.69, 9.17) is 14.2 Å². The lowest BCUT2D eigenvalue weighted by molar-refractivity contribution is -0.167. The molecule has 6 heteroatoms. The predicted octanol–water partition coefficient (Wildman–Crippen LogP) is 18.5. The number of esters is 3. The fourth-order valence-electron chi connectivity index (χ4n) is 8.66. The number of unbranched alkanes of at least 4 members (excludes halogenated alkanes) is 35. The van der Waals surface area contributed by atoms with Crippen molar-refractivity contribution in [3.05, 3.63) is 0 Å². The van der Waals surface area contributed by atoms with Gasteiger partial charge in [-0.3, -0.25) is 14.4 Å². The summed E-state index contributed by atoms with van der Waals surface area (Å²) in [6.45, 7) is 11.4. The van der Waals surface area contributed by atoms with Crippen molar-refractivity contribution >= 4 is 17.9 Å². The van der Waals surface area contributed by atoms with Crippen LogP contribution in [-0.4, -0.2) is 37.2 Å². The number of carbonyl (C=O) groups excluding carboxylic acids is 3. The maximum atomic E-state index is 12.8. The van der Waals surface area contributed by atoms with E-state index in [0.29, 0.717) is 19.3 Å². The predicted molar refractivity (Wildman–Crippen MR) is 270 cm³/mol. The third-order valence-electron chi connectivity index (χ3n) is 13.3. The van der Waals surface area contributed by atoms with Gasteiger partial charge in [0.15, 0.2) is 6.10 Å². The van der Waals surface area contributed by atoms with Crippen LogP contribution >= 0.6 is 0 Å². The van der Waals surface area contributed by atoms with Gasteiger partial charge >= 0.3 is 17.9 Å². The van der Waals surface area contributed by atoms with E-state index >= 15 is 0 Å². The number of ether oxygens (including phenoxy) is 3. The fraction of sp³-hybridized carbons (Fsp3) is 0.947. The molecule has 1 unspecified atom stereocenters. The molecule has 0 saturated heterocycles. The van der Waals surface area contributed by atoms with E-state index in [0.717, 1.165) is 69.6 Å². The second-order valence-corrected chi connectivity index (χ2v) is 20.3. The van der Waals surface area contributed by atoms with Gasteiger partial charge in [-0.25, -0.2) is 0 Å². The van der Waals surface area contributed by atoms with Gasteiger partial charge in [0.2, 0.25) is 0 Å². The Balaban J connectivity index is 4.31. The largest absolute Gasteiger partial charge is 0.462 e. The summed E-state index contributed by atoms with van der Waals surface area (Å²) in [5.74, 6) is 0.860. The summed E-state index contributed by atoms with van der Waals surface area (Å²) in [5.41, 5.74) is 0. The van der Waals surface area contributed by atoms with Gasteiger partial charge in [0.05, 0.1) is 0 Å². The molecule has 0 aliphatic heterocycles. The lowest BCUT2D eigenvalue weighted by Crippen LogP contribution is -2.30. The third kappa shape index (κ3) is 49.7. The standard InChI is InChI=1S/C57H110O6/c1-6-8-9-10-11-12-13-14-15-16-17-21-27-32-37-42-47-55(58)61-50-54(63-57(60)49-44-39-34-29-24-23-26-31-36-41-46-53(5)7-2)51-62-56(59)48-43-38-33-28-22-19-18-20-25-30-35-40-45-52(3)4/h52-54H,6-51H2,1-5H3/t53?,54-/m0/s1. The summed E-state index contributed by atoms with van der Waals surface area (Å²) in [6.07, 6.45) is 52.2. The van der Waals surface area contributed by atoms with Crippen molar-refractivity contribution in [3.63, 3.8) is 0 Å². The van der Waals surface area contributed by atoms with Crippen LogP contribution in [0.2, 0.25) is 0 Å². The molecular formula is C57H110O6. The lowest BCUT2D eigenvalue weighted by Gasteiger charge is -2.18. The quantitative estimate of drug-likeness (QED) is 0.0344. The molecule has 0 aromatic carbocycles. The van der Waals surface area contributed by atoms with Gasteiger partial charge in [-0.15, -0.1) is 0 Å². The molecular weight excluding hydrogens is 781 g/mol. The van der Waals surface area contributed by atoms with E-state index in [1.165, 1.54) is 205 Å². The van der Waals surface area contributed by atoms with Crippen LogP contribution in [0.3, 0.4) is 0 Å². The molecule has 0 aliphatic carbocycles. The third-order valence-corrected chi connectivity index (χ3v) is 13.3. The molecule has 0 N–H and O–H groups in total. The Morgan fingerprint density at radius 2 is 0.603 bits per heavy atom. The molecule has 0 fully saturated rings. The fourth-order valence-corrected chi connectivity index (χ4v) is 8.66. The van der Waals surface area contributed by atoms with Gasteiger partial charge in [0.25, 0.3) is 0 Å².